The smallest absolute Gasteiger partial charge is 0.317 e. The zero-order valence-corrected chi connectivity index (χ0v) is 15.0. The van der Waals surface area contributed by atoms with E-state index >= 15 is 0 Å². The van der Waals surface area contributed by atoms with Crippen LogP contribution in [0.1, 0.15) is 44.1 Å². The molecule has 22 heavy (non-hydrogen) atoms. The fourth-order valence-corrected chi connectivity index (χ4v) is 6.39. The molecular weight excluding hydrogens is 364 g/mol. The van der Waals surface area contributed by atoms with E-state index in [-0.39, 0.29) is 11.4 Å². The number of rotatable bonds is 2. The summed E-state index contributed by atoms with van der Waals surface area (Å²) in [5.41, 5.74) is 0.662. The van der Waals surface area contributed by atoms with Crippen LogP contribution in [0.15, 0.2) is 16.6 Å². The van der Waals surface area contributed by atoms with Gasteiger partial charge in [-0.2, -0.15) is 0 Å². The molecule has 0 aliphatic heterocycles. The molecule has 118 valence electrons. The van der Waals surface area contributed by atoms with Gasteiger partial charge in [0.25, 0.3) is 0 Å². The minimum Gasteiger partial charge on any atom is -0.424 e. The van der Waals surface area contributed by atoms with Crippen LogP contribution in [-0.4, -0.2) is 5.97 Å². The Morgan fingerprint density at radius 1 is 1.18 bits per heavy atom. The molecule has 0 amide bonds. The van der Waals surface area contributed by atoms with Crippen molar-refractivity contribution in [2.45, 2.75) is 45.4 Å². The first-order chi connectivity index (χ1) is 10.4. The molecule has 0 heterocycles. The lowest BCUT2D eigenvalue weighted by atomic mass is 9.49. The third-order valence-corrected chi connectivity index (χ3v) is 6.60. The SMILES string of the molecule is Cc1cc(Br)cc(Cl)c1OC(=O)C12CC3CC(CC(C3)C1)C2. The first-order valence-electron chi connectivity index (χ1n) is 8.13. The Labute approximate surface area is 144 Å². The largest absolute Gasteiger partial charge is 0.424 e. The van der Waals surface area contributed by atoms with Gasteiger partial charge < -0.3 is 4.74 Å². The van der Waals surface area contributed by atoms with Gasteiger partial charge >= 0.3 is 5.97 Å². The fraction of sp³-hybridized carbons (Fsp3) is 0.611. The molecule has 0 unspecified atom stereocenters. The van der Waals surface area contributed by atoms with Crippen LogP contribution in [0.3, 0.4) is 0 Å². The summed E-state index contributed by atoms with van der Waals surface area (Å²) in [6, 6.07) is 3.73. The highest BCUT2D eigenvalue weighted by Crippen LogP contribution is 2.60. The summed E-state index contributed by atoms with van der Waals surface area (Å²) in [4.78, 5) is 13.0. The van der Waals surface area contributed by atoms with Crippen molar-refractivity contribution in [1.82, 2.24) is 0 Å². The number of carbonyl (C=O) groups is 1. The van der Waals surface area contributed by atoms with E-state index in [4.69, 9.17) is 16.3 Å². The molecule has 1 aromatic carbocycles. The molecule has 5 rings (SSSR count). The van der Waals surface area contributed by atoms with Crippen LogP contribution >= 0.6 is 27.5 Å². The molecule has 4 heteroatoms. The van der Waals surface area contributed by atoms with Crippen LogP contribution in [0.5, 0.6) is 5.75 Å². The second-order valence-corrected chi connectivity index (χ2v) is 8.94. The Morgan fingerprint density at radius 3 is 2.23 bits per heavy atom. The highest BCUT2D eigenvalue weighted by Gasteiger charge is 2.55. The van der Waals surface area contributed by atoms with Gasteiger partial charge in [-0.3, -0.25) is 4.79 Å². The molecule has 0 atom stereocenters. The lowest BCUT2D eigenvalue weighted by molar-refractivity contribution is -0.161. The second-order valence-electron chi connectivity index (χ2n) is 7.62. The van der Waals surface area contributed by atoms with Crippen molar-refractivity contribution in [2.75, 3.05) is 0 Å². The lowest BCUT2D eigenvalue weighted by Gasteiger charge is -2.55. The molecular formula is C18H20BrClO2. The van der Waals surface area contributed by atoms with Crippen LogP contribution in [0.2, 0.25) is 5.02 Å². The first kappa shape index (κ1) is 15.0. The van der Waals surface area contributed by atoms with Gasteiger partial charge in [-0.05, 0) is 80.9 Å². The van der Waals surface area contributed by atoms with Gasteiger partial charge in [0, 0.05) is 4.47 Å². The average Bonchev–Trinajstić information content (AvgIpc) is 2.41. The van der Waals surface area contributed by atoms with E-state index in [1.165, 1.54) is 19.3 Å². The minimum absolute atomic E-state index is 0.0427. The molecule has 0 spiro atoms. The monoisotopic (exact) mass is 382 g/mol. The molecule has 0 radical (unpaired) electrons. The van der Waals surface area contributed by atoms with Crippen LogP contribution < -0.4 is 4.74 Å². The number of benzene rings is 1. The number of ether oxygens (including phenoxy) is 1. The number of hydrogen-bond donors (Lipinski definition) is 0. The second kappa shape index (κ2) is 5.24. The van der Waals surface area contributed by atoms with Gasteiger partial charge in [0.1, 0.15) is 0 Å². The van der Waals surface area contributed by atoms with E-state index < -0.39 is 0 Å². The van der Waals surface area contributed by atoms with Crippen LogP contribution in [0.4, 0.5) is 0 Å². The Kier molecular flexibility index (Phi) is 3.58. The van der Waals surface area contributed by atoms with Crippen molar-refractivity contribution in [3.05, 3.63) is 27.2 Å². The summed E-state index contributed by atoms with van der Waals surface area (Å²) < 4.78 is 6.73. The Balaban J connectivity index is 1.60. The third kappa shape index (κ3) is 2.41. The quantitative estimate of drug-likeness (QED) is 0.495. The predicted octanol–water partition coefficient (Wildman–Crippen LogP) is 5.53. The van der Waals surface area contributed by atoms with Gasteiger partial charge in [0.15, 0.2) is 5.75 Å². The van der Waals surface area contributed by atoms with E-state index in [0.29, 0.717) is 10.8 Å². The number of halogens is 2. The molecule has 1 aromatic rings. The average molecular weight is 384 g/mol. The molecule has 0 saturated heterocycles. The predicted molar refractivity (Wildman–Crippen MR) is 90.1 cm³/mol. The summed E-state index contributed by atoms with van der Waals surface area (Å²) in [7, 11) is 0. The molecule has 4 fully saturated rings. The zero-order valence-electron chi connectivity index (χ0n) is 12.7. The lowest BCUT2D eigenvalue weighted by Crippen LogP contribution is -2.51. The standard InChI is InChI=1S/C18H20BrClO2/c1-10-2-14(19)6-15(20)16(10)22-17(21)18-7-11-3-12(8-18)5-13(4-11)9-18/h2,6,11-13H,3-5,7-9H2,1H3. The molecule has 4 aliphatic carbocycles. The van der Waals surface area contributed by atoms with E-state index in [2.05, 4.69) is 15.9 Å². The Bertz CT molecular complexity index is 582. The first-order valence-corrected chi connectivity index (χ1v) is 9.30. The van der Waals surface area contributed by atoms with E-state index in [1.807, 2.05) is 13.0 Å². The molecule has 2 nitrogen and oxygen atoms in total. The van der Waals surface area contributed by atoms with Gasteiger partial charge in [0.05, 0.1) is 10.4 Å². The van der Waals surface area contributed by atoms with E-state index in [0.717, 1.165) is 47.1 Å². The summed E-state index contributed by atoms with van der Waals surface area (Å²) in [5.74, 6) is 2.70. The van der Waals surface area contributed by atoms with Crippen molar-refractivity contribution in [3.8, 4) is 5.75 Å². The number of carbonyl (C=O) groups excluding carboxylic acids is 1. The fourth-order valence-electron chi connectivity index (χ4n) is 5.38. The highest BCUT2D eigenvalue weighted by atomic mass is 79.9. The maximum Gasteiger partial charge on any atom is 0.317 e. The number of aryl methyl sites for hydroxylation is 1. The van der Waals surface area contributed by atoms with Crippen molar-refractivity contribution < 1.29 is 9.53 Å². The third-order valence-electron chi connectivity index (χ3n) is 5.86. The van der Waals surface area contributed by atoms with Crippen LogP contribution in [0.25, 0.3) is 0 Å². The molecule has 4 aliphatic rings. The summed E-state index contributed by atoms with van der Waals surface area (Å²) in [6.07, 6.45) is 7.03. The summed E-state index contributed by atoms with van der Waals surface area (Å²) in [6.45, 7) is 1.93. The normalized spacial score (nSPS) is 35.7. The molecule has 4 bridgehead atoms. The summed E-state index contributed by atoms with van der Waals surface area (Å²) in [5, 5.41) is 0.505. The van der Waals surface area contributed by atoms with E-state index in [9.17, 15) is 4.79 Å². The van der Waals surface area contributed by atoms with Crippen molar-refractivity contribution >= 4 is 33.5 Å². The van der Waals surface area contributed by atoms with Gasteiger partial charge in [-0.25, -0.2) is 0 Å². The summed E-state index contributed by atoms with van der Waals surface area (Å²) >= 11 is 9.70. The van der Waals surface area contributed by atoms with E-state index in [1.54, 1.807) is 6.07 Å². The van der Waals surface area contributed by atoms with Crippen LogP contribution in [-0.2, 0) is 4.79 Å². The van der Waals surface area contributed by atoms with Crippen LogP contribution in [0, 0.1) is 30.1 Å². The zero-order chi connectivity index (χ0) is 15.5. The van der Waals surface area contributed by atoms with Gasteiger partial charge in [-0.1, -0.05) is 27.5 Å². The Morgan fingerprint density at radius 2 is 1.73 bits per heavy atom. The maximum absolute atomic E-state index is 13.0. The highest BCUT2D eigenvalue weighted by molar-refractivity contribution is 9.10. The topological polar surface area (TPSA) is 26.3 Å². The molecule has 0 aromatic heterocycles. The Hall–Kier alpha value is -0.540. The van der Waals surface area contributed by atoms with Gasteiger partial charge in [-0.15, -0.1) is 0 Å². The number of hydrogen-bond acceptors (Lipinski definition) is 2. The minimum atomic E-state index is -0.238. The molecule has 4 saturated carbocycles. The van der Waals surface area contributed by atoms with Gasteiger partial charge in [0.2, 0.25) is 0 Å². The maximum atomic E-state index is 13.0. The van der Waals surface area contributed by atoms with Crippen molar-refractivity contribution in [3.63, 3.8) is 0 Å². The van der Waals surface area contributed by atoms with Crippen molar-refractivity contribution in [1.29, 1.82) is 0 Å². The van der Waals surface area contributed by atoms with Crippen molar-refractivity contribution in [2.24, 2.45) is 23.2 Å². The number of esters is 1. The molecule has 0 N–H and O–H groups in total.